The van der Waals surface area contributed by atoms with Gasteiger partial charge in [-0.3, -0.25) is 0 Å². The first-order valence-corrected chi connectivity index (χ1v) is 10.8. The molecule has 1 aromatic rings. The van der Waals surface area contributed by atoms with Crippen molar-refractivity contribution in [1.29, 1.82) is 0 Å². The van der Waals surface area contributed by atoms with Gasteiger partial charge in [-0.15, -0.1) is 0 Å². The Hall–Kier alpha value is 0.643. The van der Waals surface area contributed by atoms with Gasteiger partial charge >= 0.3 is 110 Å². The summed E-state index contributed by atoms with van der Waals surface area (Å²) < 4.78 is 2.21. The maximum atomic E-state index is 5.90. The molecule has 0 aliphatic rings. The second kappa shape index (κ2) is 5.82. The van der Waals surface area contributed by atoms with Crippen LogP contribution in [0.25, 0.3) is 0 Å². The quantitative estimate of drug-likeness (QED) is 0.553. The van der Waals surface area contributed by atoms with E-state index in [1.165, 1.54) is 10.5 Å². The third-order valence-electron chi connectivity index (χ3n) is 1.52. The summed E-state index contributed by atoms with van der Waals surface area (Å²) in [6, 6.07) is 8.25. The zero-order valence-electron chi connectivity index (χ0n) is 8.90. The predicted octanol–water partition coefficient (Wildman–Crippen LogP) is 4.65. The number of benzene rings is 1. The molecule has 0 atom stereocenters. The van der Waals surface area contributed by atoms with Gasteiger partial charge in [0.15, 0.2) is 0 Å². The van der Waals surface area contributed by atoms with Gasteiger partial charge in [-0.05, 0) is 0 Å². The summed E-state index contributed by atoms with van der Waals surface area (Å²) >= 11 is 0.117. The third-order valence-corrected chi connectivity index (χ3v) is 4.56. The van der Waals surface area contributed by atoms with Crippen molar-refractivity contribution < 1.29 is 13.5 Å². The number of hydrogen-bond donors (Lipinski definition) is 0. The van der Waals surface area contributed by atoms with Gasteiger partial charge in [0, 0.05) is 0 Å². The molecule has 86 valence electrons. The van der Waals surface area contributed by atoms with E-state index in [4.69, 9.17) is 19.4 Å². The summed E-state index contributed by atoms with van der Waals surface area (Å²) in [6.45, 7) is 6.60. The van der Waals surface area contributed by atoms with Crippen LogP contribution in [0.3, 0.4) is 0 Å². The summed E-state index contributed by atoms with van der Waals surface area (Å²) in [6.07, 6.45) is 0. The first-order chi connectivity index (χ1) is 6.88. The Morgan fingerprint density at radius 2 is 1.80 bits per heavy atom. The van der Waals surface area contributed by atoms with Crippen LogP contribution in [0.15, 0.2) is 29.2 Å². The molecule has 0 aromatic heterocycles. The van der Waals surface area contributed by atoms with E-state index < -0.39 is 13.5 Å². The Kier molecular flexibility index (Phi) is 5.32. The van der Waals surface area contributed by atoms with Gasteiger partial charge in [0.05, 0.1) is 0 Å². The van der Waals surface area contributed by atoms with Gasteiger partial charge in [0.2, 0.25) is 0 Å². The molecule has 0 radical (unpaired) electrons. The number of thioether (sulfide) groups is 1. The molecule has 0 fully saturated rings. The SMILES string of the molecule is CC(C)(C)Sc1ccccc1[CH]=[Ru]([Cl])[Cl]. The fourth-order valence-electron chi connectivity index (χ4n) is 1.07. The standard InChI is InChI=1S/C11H14S.2ClH.Ru/c1-9-7-5-6-8-10(9)12-11(2,3)4;;;/h1,5-8H,2-4H3;2*1H;/q;;;+2/p-2. The average molecular weight is 350 g/mol. The summed E-state index contributed by atoms with van der Waals surface area (Å²) in [5, 5.41) is 0. The third kappa shape index (κ3) is 5.49. The second-order valence-electron chi connectivity index (χ2n) is 4.06. The van der Waals surface area contributed by atoms with Crippen molar-refractivity contribution in [2.75, 3.05) is 0 Å². The molecule has 1 rings (SSSR count). The number of halogens is 2. The molecular weight excluding hydrogens is 336 g/mol. The zero-order chi connectivity index (χ0) is 11.5. The molecule has 0 aliphatic heterocycles. The van der Waals surface area contributed by atoms with E-state index in [0.29, 0.717) is 0 Å². The average Bonchev–Trinajstić information content (AvgIpc) is 2.05. The summed E-state index contributed by atoms with van der Waals surface area (Å²) in [4.78, 5) is 1.25. The molecule has 0 bridgehead atoms. The van der Waals surface area contributed by atoms with Crippen molar-refractivity contribution in [3.63, 3.8) is 0 Å². The van der Waals surface area contributed by atoms with Crippen LogP contribution in [0.4, 0.5) is 0 Å². The molecule has 15 heavy (non-hydrogen) atoms. The molecule has 0 aliphatic carbocycles. The molecular formula is C11H14Cl2RuS. The van der Waals surface area contributed by atoms with Crippen molar-refractivity contribution in [2.24, 2.45) is 0 Å². The van der Waals surface area contributed by atoms with Crippen LogP contribution in [0.2, 0.25) is 0 Å². The van der Waals surface area contributed by atoms with Gasteiger partial charge in [-0.2, -0.15) is 0 Å². The van der Waals surface area contributed by atoms with Crippen LogP contribution in [-0.4, -0.2) is 9.36 Å². The van der Waals surface area contributed by atoms with E-state index in [1.807, 2.05) is 28.5 Å². The Bertz CT molecular complexity index is 365. The molecule has 0 nitrogen and oxygen atoms in total. The zero-order valence-corrected chi connectivity index (χ0v) is 13.0. The van der Waals surface area contributed by atoms with Crippen molar-refractivity contribution in [3.8, 4) is 0 Å². The first kappa shape index (κ1) is 13.7. The van der Waals surface area contributed by atoms with Crippen molar-refractivity contribution in [3.05, 3.63) is 29.8 Å². The predicted molar refractivity (Wildman–Crippen MR) is 68.9 cm³/mol. The summed E-state index contributed by atoms with van der Waals surface area (Å²) in [5.41, 5.74) is 1.17. The molecule has 0 saturated heterocycles. The molecule has 0 heterocycles. The Morgan fingerprint density at radius 1 is 1.20 bits per heavy atom. The molecule has 0 saturated carbocycles. The normalized spacial score (nSPS) is 12.5. The van der Waals surface area contributed by atoms with Crippen molar-refractivity contribution in [2.45, 2.75) is 30.4 Å². The van der Waals surface area contributed by atoms with Gasteiger partial charge in [-0.1, -0.05) is 0 Å². The Labute approximate surface area is 109 Å². The van der Waals surface area contributed by atoms with Crippen LogP contribution in [-0.2, 0) is 13.5 Å². The fraction of sp³-hybridized carbons (Fsp3) is 0.364. The van der Waals surface area contributed by atoms with E-state index in [0.717, 1.165) is 0 Å². The molecule has 0 amide bonds. The van der Waals surface area contributed by atoms with Crippen LogP contribution in [0.5, 0.6) is 0 Å². The van der Waals surface area contributed by atoms with E-state index in [-0.39, 0.29) is 4.75 Å². The maximum absolute atomic E-state index is 5.90. The topological polar surface area (TPSA) is 0 Å². The van der Waals surface area contributed by atoms with E-state index >= 15 is 0 Å². The summed E-state index contributed by atoms with van der Waals surface area (Å²) in [5.74, 6) is 0. The van der Waals surface area contributed by atoms with Crippen LogP contribution >= 0.6 is 31.1 Å². The molecule has 0 N–H and O–H groups in total. The summed E-state index contributed by atoms with van der Waals surface area (Å²) in [7, 11) is 11.8. The fourth-order valence-corrected chi connectivity index (χ4v) is 4.12. The molecule has 1 aromatic carbocycles. The second-order valence-corrected chi connectivity index (χ2v) is 11.7. The van der Waals surface area contributed by atoms with E-state index in [2.05, 4.69) is 32.9 Å². The van der Waals surface area contributed by atoms with Gasteiger partial charge < -0.3 is 0 Å². The van der Waals surface area contributed by atoms with Crippen LogP contribution in [0, 0.1) is 0 Å². The van der Waals surface area contributed by atoms with Gasteiger partial charge in [0.25, 0.3) is 0 Å². The van der Waals surface area contributed by atoms with Crippen molar-refractivity contribution in [1.82, 2.24) is 0 Å². The van der Waals surface area contributed by atoms with Crippen LogP contribution in [0.1, 0.15) is 26.3 Å². The molecule has 0 spiro atoms. The van der Waals surface area contributed by atoms with Gasteiger partial charge in [-0.25, -0.2) is 0 Å². The number of hydrogen-bond acceptors (Lipinski definition) is 1. The number of rotatable bonds is 2. The van der Waals surface area contributed by atoms with Gasteiger partial charge in [0.1, 0.15) is 0 Å². The Balaban J connectivity index is 3.02. The monoisotopic (exact) mass is 350 g/mol. The van der Waals surface area contributed by atoms with Crippen molar-refractivity contribution >= 4 is 35.8 Å². The minimum atomic E-state index is -1.73. The Morgan fingerprint density at radius 3 is 2.33 bits per heavy atom. The molecule has 0 unspecified atom stereocenters. The minimum absolute atomic E-state index is 0.208. The first-order valence-electron chi connectivity index (χ1n) is 4.50. The van der Waals surface area contributed by atoms with E-state index in [9.17, 15) is 0 Å². The van der Waals surface area contributed by atoms with Crippen LogP contribution < -0.4 is 0 Å². The molecule has 4 heteroatoms. The van der Waals surface area contributed by atoms with E-state index in [1.54, 1.807) is 0 Å².